The number of nitrogens with one attached hydrogen (secondary N) is 1. The van der Waals surface area contributed by atoms with Crippen molar-refractivity contribution in [2.75, 3.05) is 13.6 Å². The van der Waals surface area contributed by atoms with Gasteiger partial charge in [0.1, 0.15) is 11.5 Å². The largest absolute Gasteiger partial charge is 0.382 e. The molecular formula is C16H20N4. The Morgan fingerprint density at radius 1 is 1.20 bits per heavy atom. The molecule has 0 aliphatic heterocycles. The van der Waals surface area contributed by atoms with Gasteiger partial charge in [0.2, 0.25) is 0 Å². The summed E-state index contributed by atoms with van der Waals surface area (Å²) < 4.78 is 0. The first-order chi connectivity index (χ1) is 9.66. The van der Waals surface area contributed by atoms with Crippen molar-refractivity contribution in [2.45, 2.75) is 13.0 Å². The van der Waals surface area contributed by atoms with E-state index in [1.54, 1.807) is 6.20 Å². The summed E-state index contributed by atoms with van der Waals surface area (Å²) in [4.78, 5) is 6.39. The minimum Gasteiger partial charge on any atom is -0.382 e. The maximum Gasteiger partial charge on any atom is 0.142 e. The van der Waals surface area contributed by atoms with Gasteiger partial charge in [-0.15, -0.1) is 0 Å². The van der Waals surface area contributed by atoms with Crippen LogP contribution in [-0.4, -0.2) is 29.3 Å². The zero-order chi connectivity index (χ0) is 14.4. The van der Waals surface area contributed by atoms with Crippen molar-refractivity contribution >= 4 is 5.84 Å². The third-order valence-electron chi connectivity index (χ3n) is 3.21. The number of likely N-dealkylation sites (N-methyl/N-ethyl adjacent to an activating group) is 1. The molecule has 0 spiro atoms. The molecule has 0 aliphatic rings. The second-order valence-corrected chi connectivity index (χ2v) is 4.90. The molecule has 1 aromatic carbocycles. The van der Waals surface area contributed by atoms with Gasteiger partial charge < -0.3 is 10.6 Å². The van der Waals surface area contributed by atoms with Crippen LogP contribution in [0.25, 0.3) is 0 Å². The normalized spacial score (nSPS) is 10.7. The van der Waals surface area contributed by atoms with Crippen LogP contribution in [0.3, 0.4) is 0 Å². The molecule has 0 fully saturated rings. The van der Waals surface area contributed by atoms with E-state index < -0.39 is 0 Å². The Balaban J connectivity index is 1.95. The quantitative estimate of drug-likeness (QED) is 0.622. The monoisotopic (exact) mass is 268 g/mol. The average molecular weight is 268 g/mol. The Morgan fingerprint density at radius 2 is 1.95 bits per heavy atom. The van der Waals surface area contributed by atoms with E-state index in [1.165, 1.54) is 5.56 Å². The molecule has 4 nitrogen and oxygen atoms in total. The van der Waals surface area contributed by atoms with Crippen molar-refractivity contribution in [1.29, 1.82) is 5.41 Å². The molecule has 0 bridgehead atoms. The molecule has 20 heavy (non-hydrogen) atoms. The summed E-state index contributed by atoms with van der Waals surface area (Å²) in [6, 6.07) is 14.3. The predicted octanol–water partition coefficient (Wildman–Crippen LogP) is 2.04. The second kappa shape index (κ2) is 6.82. The zero-order valence-electron chi connectivity index (χ0n) is 11.7. The SMILES string of the molecule is CN(CCc1ccccc1)Cc1cccnc1C(=N)N. The number of amidine groups is 1. The Labute approximate surface area is 119 Å². The molecule has 0 radical (unpaired) electrons. The number of benzene rings is 1. The number of nitrogens with zero attached hydrogens (tertiary/aromatic N) is 2. The molecule has 2 rings (SSSR count). The van der Waals surface area contributed by atoms with Crippen molar-refractivity contribution < 1.29 is 0 Å². The third kappa shape index (κ3) is 3.90. The van der Waals surface area contributed by atoms with E-state index in [0.717, 1.165) is 25.1 Å². The topological polar surface area (TPSA) is 66.0 Å². The van der Waals surface area contributed by atoms with E-state index in [9.17, 15) is 0 Å². The number of rotatable bonds is 6. The van der Waals surface area contributed by atoms with Crippen molar-refractivity contribution in [3.8, 4) is 0 Å². The van der Waals surface area contributed by atoms with Gasteiger partial charge in [0.15, 0.2) is 0 Å². The molecule has 0 saturated heterocycles. The molecule has 1 aromatic heterocycles. The molecule has 0 atom stereocenters. The van der Waals surface area contributed by atoms with Gasteiger partial charge in [0, 0.05) is 19.3 Å². The number of hydrogen-bond donors (Lipinski definition) is 2. The van der Waals surface area contributed by atoms with Crippen molar-refractivity contribution in [3.63, 3.8) is 0 Å². The van der Waals surface area contributed by atoms with Crippen LogP contribution in [0.15, 0.2) is 48.7 Å². The fourth-order valence-electron chi connectivity index (χ4n) is 2.14. The van der Waals surface area contributed by atoms with Crippen molar-refractivity contribution in [3.05, 3.63) is 65.5 Å². The van der Waals surface area contributed by atoms with Crippen molar-refractivity contribution in [2.24, 2.45) is 5.73 Å². The molecular weight excluding hydrogens is 248 g/mol. The summed E-state index contributed by atoms with van der Waals surface area (Å²) >= 11 is 0. The number of nitrogen functional groups attached to an aromatic ring is 1. The average Bonchev–Trinajstić information content (AvgIpc) is 2.46. The smallest absolute Gasteiger partial charge is 0.142 e. The standard InChI is InChI=1S/C16H20N4/c1-20(11-9-13-6-3-2-4-7-13)12-14-8-5-10-19-15(14)16(17)18/h2-8,10H,9,11-12H2,1H3,(H3,17,18). The van der Waals surface area contributed by atoms with E-state index in [-0.39, 0.29) is 5.84 Å². The molecule has 2 aromatic rings. The van der Waals surface area contributed by atoms with E-state index in [0.29, 0.717) is 5.69 Å². The number of hydrogen-bond acceptors (Lipinski definition) is 3. The highest BCUT2D eigenvalue weighted by atomic mass is 15.1. The van der Waals surface area contributed by atoms with Crippen molar-refractivity contribution in [1.82, 2.24) is 9.88 Å². The van der Waals surface area contributed by atoms with Gasteiger partial charge in [-0.25, -0.2) is 0 Å². The molecule has 0 saturated carbocycles. The fraction of sp³-hybridized carbons (Fsp3) is 0.250. The van der Waals surface area contributed by atoms with Crippen LogP contribution in [-0.2, 0) is 13.0 Å². The lowest BCUT2D eigenvalue weighted by Crippen LogP contribution is -2.24. The van der Waals surface area contributed by atoms with E-state index in [4.69, 9.17) is 11.1 Å². The lowest BCUT2D eigenvalue weighted by Gasteiger charge is -2.18. The summed E-state index contributed by atoms with van der Waals surface area (Å²) in [6.07, 6.45) is 2.68. The van der Waals surface area contributed by atoms with E-state index >= 15 is 0 Å². The minimum atomic E-state index is 0.0251. The highest BCUT2D eigenvalue weighted by molar-refractivity contribution is 5.94. The molecule has 3 N–H and O–H groups in total. The first kappa shape index (κ1) is 14.2. The summed E-state index contributed by atoms with van der Waals surface area (Å²) in [5, 5.41) is 7.55. The lowest BCUT2D eigenvalue weighted by atomic mass is 10.1. The summed E-state index contributed by atoms with van der Waals surface area (Å²) in [5.74, 6) is 0.0251. The van der Waals surface area contributed by atoms with E-state index in [1.807, 2.05) is 18.2 Å². The molecule has 1 heterocycles. The van der Waals surface area contributed by atoms with Crippen LogP contribution in [0, 0.1) is 5.41 Å². The summed E-state index contributed by atoms with van der Waals surface area (Å²) in [7, 11) is 2.07. The Kier molecular flexibility index (Phi) is 4.85. The van der Waals surface area contributed by atoms with Crippen LogP contribution in [0.1, 0.15) is 16.8 Å². The van der Waals surface area contributed by atoms with E-state index in [2.05, 4.69) is 41.2 Å². The highest BCUT2D eigenvalue weighted by Crippen LogP contribution is 2.08. The van der Waals surface area contributed by atoms with Gasteiger partial charge >= 0.3 is 0 Å². The predicted molar refractivity (Wildman–Crippen MR) is 81.7 cm³/mol. The van der Waals surface area contributed by atoms with Crippen LogP contribution in [0.5, 0.6) is 0 Å². The van der Waals surface area contributed by atoms with Gasteiger partial charge in [-0.3, -0.25) is 10.4 Å². The minimum absolute atomic E-state index is 0.0251. The molecule has 4 heteroatoms. The molecule has 104 valence electrons. The Morgan fingerprint density at radius 3 is 2.65 bits per heavy atom. The fourth-order valence-corrected chi connectivity index (χ4v) is 2.14. The molecule has 0 unspecified atom stereocenters. The maximum atomic E-state index is 7.55. The van der Waals surface area contributed by atoms with Gasteiger partial charge in [0.25, 0.3) is 0 Å². The maximum absolute atomic E-state index is 7.55. The third-order valence-corrected chi connectivity index (χ3v) is 3.21. The van der Waals surface area contributed by atoms with Gasteiger partial charge in [-0.1, -0.05) is 36.4 Å². The van der Waals surface area contributed by atoms with Crippen LogP contribution in [0.2, 0.25) is 0 Å². The Bertz CT molecular complexity index is 566. The van der Waals surface area contributed by atoms with Crippen LogP contribution in [0.4, 0.5) is 0 Å². The van der Waals surface area contributed by atoms with Gasteiger partial charge in [-0.2, -0.15) is 0 Å². The lowest BCUT2D eigenvalue weighted by molar-refractivity contribution is 0.330. The van der Waals surface area contributed by atoms with Crippen LogP contribution < -0.4 is 5.73 Å². The molecule has 0 aliphatic carbocycles. The number of nitrogens with two attached hydrogens (primary N) is 1. The second-order valence-electron chi connectivity index (χ2n) is 4.90. The zero-order valence-corrected chi connectivity index (χ0v) is 11.7. The number of aromatic nitrogens is 1. The highest BCUT2D eigenvalue weighted by Gasteiger charge is 2.08. The van der Waals surface area contributed by atoms with Gasteiger partial charge in [-0.05, 0) is 30.7 Å². The van der Waals surface area contributed by atoms with Gasteiger partial charge in [0.05, 0.1) is 0 Å². The van der Waals surface area contributed by atoms with Crippen LogP contribution >= 0.6 is 0 Å². The molecule has 0 amide bonds. The first-order valence-corrected chi connectivity index (χ1v) is 6.67. The Hall–Kier alpha value is -2.20. The summed E-state index contributed by atoms with van der Waals surface area (Å²) in [5.41, 5.74) is 8.47. The summed E-state index contributed by atoms with van der Waals surface area (Å²) in [6.45, 7) is 1.70. The number of pyridine rings is 1. The first-order valence-electron chi connectivity index (χ1n) is 6.67.